The van der Waals surface area contributed by atoms with Gasteiger partial charge in [-0.2, -0.15) is 4.31 Å². The van der Waals surface area contributed by atoms with Crippen LogP contribution in [-0.2, 0) is 10.0 Å². The lowest BCUT2D eigenvalue weighted by molar-refractivity contribution is 0.309. The van der Waals surface area contributed by atoms with Crippen molar-refractivity contribution in [3.05, 3.63) is 18.2 Å². The summed E-state index contributed by atoms with van der Waals surface area (Å²) in [4.78, 5) is 0.175. The lowest BCUT2D eigenvalue weighted by Crippen LogP contribution is -2.43. The van der Waals surface area contributed by atoms with Crippen LogP contribution in [0.4, 0.5) is 5.69 Å². The van der Waals surface area contributed by atoms with Crippen molar-refractivity contribution in [2.75, 3.05) is 18.4 Å². The molecule has 2 fully saturated rings. The number of benzene rings is 1. The molecule has 1 saturated heterocycles. The number of hydrogen-bond acceptors (Lipinski definition) is 4. The number of anilines is 1. The van der Waals surface area contributed by atoms with E-state index in [4.69, 9.17) is 12.2 Å². The Morgan fingerprint density at radius 3 is 2.58 bits per heavy atom. The van der Waals surface area contributed by atoms with Crippen LogP contribution in [0.25, 0.3) is 0 Å². The Bertz CT molecular complexity index is 761. The molecule has 1 heterocycles. The van der Waals surface area contributed by atoms with Gasteiger partial charge in [-0.05, 0) is 62.0 Å². The lowest BCUT2D eigenvalue weighted by Gasteiger charge is -2.30. The Morgan fingerprint density at radius 2 is 1.88 bits per heavy atom. The standard InChI is InChI=1S/C18H27N3O3S2/c1-13-6-2-3-7-15(13)19-18(25)20-16-12-14(8-9-17(16)22)26(23,24)21-10-4-5-11-21/h8-9,12-13,15,22H,2-7,10-11H2,1H3,(H2,19,20,25)/t13-,15-/m0/s1. The highest BCUT2D eigenvalue weighted by molar-refractivity contribution is 7.89. The van der Waals surface area contributed by atoms with Crippen molar-refractivity contribution in [2.45, 2.75) is 56.4 Å². The molecule has 8 heteroatoms. The zero-order chi connectivity index (χ0) is 18.7. The Balaban J connectivity index is 1.72. The van der Waals surface area contributed by atoms with Crippen LogP contribution in [0.15, 0.2) is 23.1 Å². The summed E-state index contributed by atoms with van der Waals surface area (Å²) in [6.45, 7) is 3.30. The predicted molar refractivity (Wildman–Crippen MR) is 107 cm³/mol. The van der Waals surface area contributed by atoms with Crippen LogP contribution < -0.4 is 10.6 Å². The zero-order valence-electron chi connectivity index (χ0n) is 15.1. The first kappa shape index (κ1) is 19.4. The lowest BCUT2D eigenvalue weighted by atomic mass is 9.86. The van der Waals surface area contributed by atoms with Gasteiger partial charge in [0.1, 0.15) is 5.75 Å². The van der Waals surface area contributed by atoms with Gasteiger partial charge in [0.15, 0.2) is 5.11 Å². The molecule has 1 aliphatic carbocycles. The average molecular weight is 398 g/mol. The minimum absolute atomic E-state index is 0.0220. The van der Waals surface area contributed by atoms with E-state index in [9.17, 15) is 13.5 Å². The fraction of sp³-hybridized carbons (Fsp3) is 0.611. The first-order valence-electron chi connectivity index (χ1n) is 9.28. The summed E-state index contributed by atoms with van der Waals surface area (Å²) < 4.78 is 26.9. The molecule has 2 atom stereocenters. The predicted octanol–water partition coefficient (Wildman–Crippen LogP) is 3.04. The molecule has 0 aromatic heterocycles. The first-order valence-corrected chi connectivity index (χ1v) is 11.1. The molecule has 0 amide bonds. The largest absolute Gasteiger partial charge is 0.506 e. The number of phenols is 1. The van der Waals surface area contributed by atoms with Crippen molar-refractivity contribution in [1.29, 1.82) is 0 Å². The summed E-state index contributed by atoms with van der Waals surface area (Å²) in [5.41, 5.74) is 0.311. The average Bonchev–Trinajstić information content (AvgIpc) is 3.14. The van der Waals surface area contributed by atoms with Crippen molar-refractivity contribution in [1.82, 2.24) is 9.62 Å². The second-order valence-electron chi connectivity index (χ2n) is 7.26. The highest BCUT2D eigenvalue weighted by Crippen LogP contribution is 2.29. The number of sulfonamides is 1. The molecule has 3 N–H and O–H groups in total. The van der Waals surface area contributed by atoms with Crippen molar-refractivity contribution >= 4 is 33.0 Å². The summed E-state index contributed by atoms with van der Waals surface area (Å²) in [5.74, 6) is 0.519. The minimum Gasteiger partial charge on any atom is -0.506 e. The van der Waals surface area contributed by atoms with Gasteiger partial charge < -0.3 is 15.7 Å². The summed E-state index contributed by atoms with van der Waals surface area (Å²) in [6, 6.07) is 4.61. The summed E-state index contributed by atoms with van der Waals surface area (Å²) in [7, 11) is -3.53. The van der Waals surface area contributed by atoms with Gasteiger partial charge in [-0.3, -0.25) is 0 Å². The molecule has 0 bridgehead atoms. The third-order valence-corrected chi connectivity index (χ3v) is 7.46. The van der Waals surface area contributed by atoms with E-state index >= 15 is 0 Å². The quantitative estimate of drug-likeness (QED) is 0.535. The number of rotatable bonds is 4. The number of thiocarbonyl (C=S) groups is 1. The van der Waals surface area contributed by atoms with Gasteiger partial charge in [0, 0.05) is 19.1 Å². The first-order chi connectivity index (χ1) is 12.4. The van der Waals surface area contributed by atoms with E-state index in [-0.39, 0.29) is 10.6 Å². The zero-order valence-corrected chi connectivity index (χ0v) is 16.7. The number of nitrogens with one attached hydrogen (secondary N) is 2. The van der Waals surface area contributed by atoms with Crippen molar-refractivity contribution in [2.24, 2.45) is 5.92 Å². The van der Waals surface area contributed by atoms with Crippen LogP contribution in [0.1, 0.15) is 45.4 Å². The molecule has 0 unspecified atom stereocenters. The summed E-state index contributed by atoms with van der Waals surface area (Å²) >= 11 is 5.38. The van der Waals surface area contributed by atoms with Crippen LogP contribution in [0.5, 0.6) is 5.75 Å². The van der Waals surface area contributed by atoms with Crippen LogP contribution in [0, 0.1) is 5.92 Å². The molecule has 1 aliphatic heterocycles. The van der Waals surface area contributed by atoms with Crippen LogP contribution >= 0.6 is 12.2 Å². The Morgan fingerprint density at radius 1 is 1.19 bits per heavy atom. The molecule has 1 saturated carbocycles. The topological polar surface area (TPSA) is 81.7 Å². The van der Waals surface area contributed by atoms with Crippen molar-refractivity contribution in [3.63, 3.8) is 0 Å². The highest BCUT2D eigenvalue weighted by atomic mass is 32.2. The maximum atomic E-state index is 12.7. The number of nitrogens with zero attached hydrogens (tertiary/aromatic N) is 1. The molecule has 0 radical (unpaired) electrons. The van der Waals surface area contributed by atoms with Gasteiger partial charge in [0.2, 0.25) is 10.0 Å². The van der Waals surface area contributed by atoms with Crippen LogP contribution in [0.2, 0.25) is 0 Å². The maximum Gasteiger partial charge on any atom is 0.243 e. The van der Waals surface area contributed by atoms with Crippen molar-refractivity contribution < 1.29 is 13.5 Å². The van der Waals surface area contributed by atoms with Gasteiger partial charge in [0.25, 0.3) is 0 Å². The third-order valence-electron chi connectivity index (χ3n) is 5.35. The fourth-order valence-corrected chi connectivity index (χ4v) is 5.52. The van der Waals surface area contributed by atoms with Crippen LogP contribution in [0.3, 0.4) is 0 Å². The molecule has 1 aromatic rings. The maximum absolute atomic E-state index is 12.7. The molecule has 144 valence electrons. The van der Waals surface area contributed by atoms with Crippen molar-refractivity contribution in [3.8, 4) is 5.75 Å². The monoisotopic (exact) mass is 397 g/mol. The second-order valence-corrected chi connectivity index (χ2v) is 9.60. The van der Waals surface area contributed by atoms with E-state index in [2.05, 4.69) is 17.6 Å². The SMILES string of the molecule is C[C@H]1CCCC[C@@H]1NC(=S)Nc1cc(S(=O)(=O)N2CCCC2)ccc1O. The molecule has 3 rings (SSSR count). The van der Waals surface area contributed by atoms with Crippen LogP contribution in [-0.4, -0.2) is 42.1 Å². The Hall–Kier alpha value is -1.38. The molecule has 26 heavy (non-hydrogen) atoms. The Labute approximate surface area is 161 Å². The van der Waals surface area contributed by atoms with E-state index < -0.39 is 10.0 Å². The van der Waals surface area contributed by atoms with E-state index in [1.165, 1.54) is 41.8 Å². The van der Waals surface area contributed by atoms with E-state index in [0.29, 0.717) is 35.8 Å². The van der Waals surface area contributed by atoms with E-state index in [1.807, 2.05) is 0 Å². The number of phenolic OH excluding ortho intramolecular Hbond substituents is 1. The van der Waals surface area contributed by atoms with Gasteiger partial charge in [-0.1, -0.05) is 19.8 Å². The Kier molecular flexibility index (Phi) is 6.04. The van der Waals surface area contributed by atoms with E-state index in [0.717, 1.165) is 19.3 Å². The summed E-state index contributed by atoms with van der Waals surface area (Å²) in [5, 5.41) is 16.8. The molecule has 2 aliphatic rings. The summed E-state index contributed by atoms with van der Waals surface area (Å²) in [6.07, 6.45) is 6.44. The van der Waals surface area contributed by atoms with Gasteiger partial charge in [-0.15, -0.1) is 0 Å². The van der Waals surface area contributed by atoms with Gasteiger partial charge in [-0.25, -0.2) is 8.42 Å². The normalized spacial score (nSPS) is 24.3. The molecular formula is C18H27N3O3S2. The second kappa shape index (κ2) is 8.10. The van der Waals surface area contributed by atoms with E-state index in [1.54, 1.807) is 0 Å². The molecule has 0 spiro atoms. The third kappa shape index (κ3) is 4.29. The molecular weight excluding hydrogens is 370 g/mol. The van der Waals surface area contributed by atoms with Gasteiger partial charge in [0.05, 0.1) is 10.6 Å². The fourth-order valence-electron chi connectivity index (χ4n) is 3.71. The molecule has 1 aromatic carbocycles. The highest BCUT2D eigenvalue weighted by Gasteiger charge is 2.28. The smallest absolute Gasteiger partial charge is 0.243 e. The minimum atomic E-state index is -3.53. The van der Waals surface area contributed by atoms with Gasteiger partial charge >= 0.3 is 0 Å². The number of hydrogen-bond donors (Lipinski definition) is 3. The molecule has 6 nitrogen and oxygen atoms in total. The number of aromatic hydroxyl groups is 1.